The van der Waals surface area contributed by atoms with Gasteiger partial charge >= 0.3 is 0 Å². The van der Waals surface area contributed by atoms with Crippen molar-refractivity contribution in [2.75, 3.05) is 0 Å². The highest BCUT2D eigenvalue weighted by atomic mass is 79.9. The van der Waals surface area contributed by atoms with Crippen molar-refractivity contribution in [3.05, 3.63) is 69.8 Å². The largest absolute Gasteiger partial charge is 0.357 e. The minimum absolute atomic E-state index is 0.291. The summed E-state index contributed by atoms with van der Waals surface area (Å²) in [5, 5.41) is 1.34. The summed E-state index contributed by atoms with van der Waals surface area (Å²) in [6.45, 7) is 0. The number of para-hydroxylation sites is 1. The molecular formula is C19H19BrN2. The number of hydrogen-bond acceptors (Lipinski definition) is 1. The maximum absolute atomic E-state index is 6.86. The molecule has 112 valence electrons. The molecule has 3 aromatic rings. The summed E-state index contributed by atoms with van der Waals surface area (Å²) in [5.74, 6) is 0. The second kappa shape index (κ2) is 5.25. The van der Waals surface area contributed by atoms with Gasteiger partial charge in [0.15, 0.2) is 0 Å². The van der Waals surface area contributed by atoms with E-state index in [0.717, 1.165) is 30.2 Å². The Morgan fingerprint density at radius 2 is 1.86 bits per heavy atom. The van der Waals surface area contributed by atoms with Crippen LogP contribution in [-0.2, 0) is 18.4 Å². The number of benzene rings is 2. The van der Waals surface area contributed by atoms with E-state index in [1.807, 2.05) is 0 Å². The quantitative estimate of drug-likeness (QED) is 0.690. The third-order valence-electron chi connectivity index (χ3n) is 4.79. The first-order chi connectivity index (χ1) is 10.7. The highest BCUT2D eigenvalue weighted by Crippen LogP contribution is 2.39. The Hall–Kier alpha value is -1.58. The molecule has 1 heterocycles. The lowest BCUT2D eigenvalue weighted by atomic mass is 9.77. The van der Waals surface area contributed by atoms with Gasteiger partial charge in [-0.25, -0.2) is 0 Å². The summed E-state index contributed by atoms with van der Waals surface area (Å²) in [6.07, 6.45) is 4.18. The number of hydrogen-bond donors (Lipinski definition) is 2. The molecule has 1 aliphatic rings. The van der Waals surface area contributed by atoms with Crippen LogP contribution in [0.4, 0.5) is 0 Å². The van der Waals surface area contributed by atoms with Gasteiger partial charge in [0.1, 0.15) is 0 Å². The van der Waals surface area contributed by atoms with Crippen LogP contribution in [-0.4, -0.2) is 4.98 Å². The van der Waals surface area contributed by atoms with Crippen molar-refractivity contribution in [3.63, 3.8) is 0 Å². The highest BCUT2D eigenvalue weighted by molar-refractivity contribution is 9.10. The number of aromatic nitrogens is 1. The van der Waals surface area contributed by atoms with E-state index in [1.165, 1.54) is 27.7 Å². The molecule has 3 heteroatoms. The summed E-state index contributed by atoms with van der Waals surface area (Å²) in [7, 11) is 0. The summed E-state index contributed by atoms with van der Waals surface area (Å²) in [4.78, 5) is 3.60. The first-order valence-corrected chi connectivity index (χ1v) is 8.58. The van der Waals surface area contributed by atoms with E-state index in [1.54, 1.807) is 0 Å². The van der Waals surface area contributed by atoms with Crippen molar-refractivity contribution in [2.24, 2.45) is 5.73 Å². The molecule has 3 N–H and O–H groups in total. The number of aromatic amines is 1. The zero-order valence-corrected chi connectivity index (χ0v) is 14.0. The Balaban J connectivity index is 1.78. The van der Waals surface area contributed by atoms with Crippen molar-refractivity contribution in [1.29, 1.82) is 0 Å². The van der Waals surface area contributed by atoms with Gasteiger partial charge in [0, 0.05) is 21.1 Å². The second-order valence-corrected chi connectivity index (χ2v) is 7.25. The third-order valence-corrected chi connectivity index (χ3v) is 5.32. The van der Waals surface area contributed by atoms with Crippen LogP contribution in [0.15, 0.2) is 53.0 Å². The maximum Gasteiger partial charge on any atom is 0.0605 e. The minimum Gasteiger partial charge on any atom is -0.357 e. The fraction of sp³-hybridized carbons (Fsp3) is 0.263. The van der Waals surface area contributed by atoms with Gasteiger partial charge in [-0.3, -0.25) is 0 Å². The number of rotatable bonds is 2. The normalized spacial score (nSPS) is 21.0. The van der Waals surface area contributed by atoms with E-state index in [9.17, 15) is 0 Å². The Morgan fingerprint density at radius 1 is 1.09 bits per heavy atom. The van der Waals surface area contributed by atoms with Crippen molar-refractivity contribution < 1.29 is 0 Å². The van der Waals surface area contributed by atoms with Gasteiger partial charge in [0.2, 0.25) is 0 Å². The fourth-order valence-corrected chi connectivity index (χ4v) is 4.00. The van der Waals surface area contributed by atoms with E-state index in [4.69, 9.17) is 5.73 Å². The third kappa shape index (κ3) is 2.29. The maximum atomic E-state index is 6.86. The van der Waals surface area contributed by atoms with Gasteiger partial charge in [-0.1, -0.05) is 46.3 Å². The Kier molecular flexibility index (Phi) is 3.35. The van der Waals surface area contributed by atoms with E-state index < -0.39 is 0 Å². The molecule has 0 saturated heterocycles. The van der Waals surface area contributed by atoms with Crippen molar-refractivity contribution in [2.45, 2.75) is 31.2 Å². The van der Waals surface area contributed by atoms with Crippen LogP contribution < -0.4 is 5.73 Å². The molecule has 1 unspecified atom stereocenters. The average Bonchev–Trinajstić information content (AvgIpc) is 2.91. The van der Waals surface area contributed by atoms with Crippen LogP contribution in [0.25, 0.3) is 10.9 Å². The molecule has 0 bridgehead atoms. The average molecular weight is 355 g/mol. The SMILES string of the molecule is NC1(Cc2ccc(Br)cc2)CCCc2c1[nH]c1ccccc21. The molecule has 0 radical (unpaired) electrons. The molecule has 1 aliphatic carbocycles. The Labute approximate surface area is 138 Å². The number of nitrogens with two attached hydrogens (primary N) is 1. The summed E-state index contributed by atoms with van der Waals surface area (Å²) < 4.78 is 1.11. The molecule has 1 aromatic heterocycles. The van der Waals surface area contributed by atoms with Crippen LogP contribution in [0.3, 0.4) is 0 Å². The van der Waals surface area contributed by atoms with Gasteiger partial charge in [0.05, 0.1) is 5.54 Å². The van der Waals surface area contributed by atoms with Crippen molar-refractivity contribution in [3.8, 4) is 0 Å². The zero-order chi connectivity index (χ0) is 15.2. The van der Waals surface area contributed by atoms with E-state index >= 15 is 0 Å². The molecule has 0 amide bonds. The lowest BCUT2D eigenvalue weighted by Crippen LogP contribution is -2.42. The minimum atomic E-state index is -0.291. The Bertz CT molecular complexity index is 819. The molecule has 0 fully saturated rings. The number of halogens is 1. The predicted octanol–water partition coefficient (Wildman–Crippen LogP) is 4.66. The monoisotopic (exact) mass is 354 g/mol. The lowest BCUT2D eigenvalue weighted by molar-refractivity contribution is 0.362. The number of fused-ring (bicyclic) bond motifs is 3. The topological polar surface area (TPSA) is 41.8 Å². The van der Waals surface area contributed by atoms with Crippen LogP contribution in [0, 0.1) is 0 Å². The van der Waals surface area contributed by atoms with Gasteiger partial charge in [0.25, 0.3) is 0 Å². The van der Waals surface area contributed by atoms with Crippen molar-refractivity contribution in [1.82, 2.24) is 4.98 Å². The lowest BCUT2D eigenvalue weighted by Gasteiger charge is -2.34. The molecule has 2 nitrogen and oxygen atoms in total. The molecule has 2 aromatic carbocycles. The standard InChI is InChI=1S/C19H19BrN2/c20-14-9-7-13(8-10-14)12-19(21)11-3-5-16-15-4-1-2-6-17(15)22-18(16)19/h1-2,4,6-10,22H,3,5,11-12,21H2. The second-order valence-electron chi connectivity index (χ2n) is 6.34. The van der Waals surface area contributed by atoms with E-state index in [0.29, 0.717) is 0 Å². The van der Waals surface area contributed by atoms with E-state index in [2.05, 4.69) is 69.4 Å². The number of aryl methyl sites for hydroxylation is 1. The first kappa shape index (κ1) is 14.0. The van der Waals surface area contributed by atoms with Gasteiger partial charge < -0.3 is 10.7 Å². The van der Waals surface area contributed by atoms with Gasteiger partial charge in [-0.05, 0) is 55.0 Å². The molecule has 0 spiro atoms. The van der Waals surface area contributed by atoms with Crippen LogP contribution in [0.2, 0.25) is 0 Å². The molecule has 22 heavy (non-hydrogen) atoms. The van der Waals surface area contributed by atoms with Crippen molar-refractivity contribution >= 4 is 26.8 Å². The molecular weight excluding hydrogens is 336 g/mol. The first-order valence-electron chi connectivity index (χ1n) is 7.79. The fourth-order valence-electron chi connectivity index (χ4n) is 3.73. The van der Waals surface area contributed by atoms with Gasteiger partial charge in [-0.15, -0.1) is 0 Å². The zero-order valence-electron chi connectivity index (χ0n) is 12.4. The van der Waals surface area contributed by atoms with Gasteiger partial charge in [-0.2, -0.15) is 0 Å². The summed E-state index contributed by atoms with van der Waals surface area (Å²) in [6, 6.07) is 17.0. The molecule has 4 rings (SSSR count). The predicted molar refractivity (Wildman–Crippen MR) is 94.9 cm³/mol. The van der Waals surface area contributed by atoms with E-state index in [-0.39, 0.29) is 5.54 Å². The highest BCUT2D eigenvalue weighted by Gasteiger charge is 2.35. The number of nitrogens with one attached hydrogen (secondary N) is 1. The Morgan fingerprint density at radius 3 is 2.68 bits per heavy atom. The summed E-state index contributed by atoms with van der Waals surface area (Å²) >= 11 is 3.50. The molecule has 1 atom stereocenters. The van der Waals surface area contributed by atoms with Crippen LogP contribution >= 0.6 is 15.9 Å². The molecule has 0 saturated carbocycles. The summed E-state index contributed by atoms with van der Waals surface area (Å²) in [5.41, 5.74) is 11.7. The number of H-pyrrole nitrogens is 1. The molecule has 0 aliphatic heterocycles. The van der Waals surface area contributed by atoms with Crippen LogP contribution in [0.1, 0.15) is 29.7 Å². The van der Waals surface area contributed by atoms with Crippen LogP contribution in [0.5, 0.6) is 0 Å². The smallest absolute Gasteiger partial charge is 0.0605 e.